The summed E-state index contributed by atoms with van der Waals surface area (Å²) in [5.74, 6) is 2.64. The number of carbonyl (C=O) groups excluding carboxylic acids is 1. The highest BCUT2D eigenvalue weighted by Gasteiger charge is 2.25. The van der Waals surface area contributed by atoms with Crippen LogP contribution in [0.1, 0.15) is 26.0 Å². The van der Waals surface area contributed by atoms with Crippen molar-refractivity contribution in [1.82, 2.24) is 15.1 Å². The summed E-state index contributed by atoms with van der Waals surface area (Å²) in [5.41, 5.74) is 0. The van der Waals surface area contributed by atoms with Crippen LogP contribution < -0.4 is 5.32 Å². The largest absolute Gasteiger partial charge is 0.467 e. The number of anilines is 1. The van der Waals surface area contributed by atoms with Gasteiger partial charge >= 0.3 is 0 Å². The van der Waals surface area contributed by atoms with Crippen molar-refractivity contribution in [3.05, 3.63) is 24.2 Å². The average molecular weight is 367 g/mol. The van der Waals surface area contributed by atoms with Crippen molar-refractivity contribution in [2.75, 3.05) is 24.2 Å². The lowest BCUT2D eigenvalue weighted by Gasteiger charge is -2.34. The van der Waals surface area contributed by atoms with Crippen LogP contribution >= 0.6 is 23.1 Å². The van der Waals surface area contributed by atoms with Gasteiger partial charge < -0.3 is 14.6 Å². The third kappa shape index (κ3) is 4.73. The third-order valence-electron chi connectivity index (χ3n) is 3.94. The van der Waals surface area contributed by atoms with Crippen molar-refractivity contribution in [3.63, 3.8) is 0 Å². The van der Waals surface area contributed by atoms with Crippen molar-refractivity contribution < 1.29 is 9.21 Å². The van der Waals surface area contributed by atoms with Gasteiger partial charge in [0.05, 0.1) is 18.6 Å². The number of nitrogens with one attached hydrogen (secondary N) is 1. The number of likely N-dealkylation sites (tertiary alicyclic amines) is 1. The van der Waals surface area contributed by atoms with Crippen LogP contribution in [-0.2, 0) is 11.3 Å². The standard InChI is InChI=1S/C16H22N4O2S2/c1-11-6-12(2)9-20(8-11)14(21)10-23-16-19-18-15(24-16)17-7-13-4-3-5-22-13/h3-5,11-12H,6-10H2,1-2H3,(H,17,18)/t11-,12-/m0/s1. The number of hydrogen-bond acceptors (Lipinski definition) is 7. The highest BCUT2D eigenvalue weighted by molar-refractivity contribution is 8.01. The predicted molar refractivity (Wildman–Crippen MR) is 96.2 cm³/mol. The Balaban J connectivity index is 1.45. The molecule has 0 aliphatic carbocycles. The van der Waals surface area contributed by atoms with Gasteiger partial charge in [0, 0.05) is 13.1 Å². The van der Waals surface area contributed by atoms with Crippen LogP contribution in [0.15, 0.2) is 27.2 Å². The summed E-state index contributed by atoms with van der Waals surface area (Å²) < 4.78 is 6.07. The Morgan fingerprint density at radius 1 is 1.42 bits per heavy atom. The second kappa shape index (κ2) is 8.02. The lowest BCUT2D eigenvalue weighted by atomic mass is 9.92. The van der Waals surface area contributed by atoms with E-state index in [9.17, 15) is 4.79 Å². The van der Waals surface area contributed by atoms with Gasteiger partial charge in [0.2, 0.25) is 11.0 Å². The van der Waals surface area contributed by atoms with Crippen LogP contribution in [0.4, 0.5) is 5.13 Å². The number of furan rings is 1. The van der Waals surface area contributed by atoms with Crippen molar-refractivity contribution in [2.24, 2.45) is 11.8 Å². The van der Waals surface area contributed by atoms with E-state index in [0.29, 0.717) is 24.1 Å². The molecule has 1 saturated heterocycles. The van der Waals surface area contributed by atoms with E-state index in [-0.39, 0.29) is 5.91 Å². The fourth-order valence-corrected chi connectivity index (χ4v) is 4.65. The molecule has 3 heterocycles. The number of aromatic nitrogens is 2. The SMILES string of the molecule is C[C@H]1C[C@H](C)CN(C(=O)CSc2nnc(NCc3ccco3)s2)C1. The molecule has 2 aromatic heterocycles. The van der Waals surface area contributed by atoms with E-state index < -0.39 is 0 Å². The van der Waals surface area contributed by atoms with Crippen LogP contribution in [0.3, 0.4) is 0 Å². The number of hydrogen-bond donors (Lipinski definition) is 1. The number of carbonyl (C=O) groups is 1. The second-order valence-corrected chi connectivity index (χ2v) is 8.54. The summed E-state index contributed by atoms with van der Waals surface area (Å²) in [6.45, 7) is 6.75. The first-order valence-corrected chi connectivity index (χ1v) is 9.90. The molecular weight excluding hydrogens is 344 g/mol. The maximum absolute atomic E-state index is 12.4. The molecule has 1 amide bonds. The first-order valence-electron chi connectivity index (χ1n) is 8.10. The molecule has 24 heavy (non-hydrogen) atoms. The number of rotatable bonds is 6. The minimum atomic E-state index is 0.193. The lowest BCUT2D eigenvalue weighted by Crippen LogP contribution is -2.43. The highest BCUT2D eigenvalue weighted by atomic mass is 32.2. The van der Waals surface area contributed by atoms with Crippen LogP contribution in [-0.4, -0.2) is 39.8 Å². The molecule has 0 unspecified atom stereocenters. The Morgan fingerprint density at radius 3 is 2.92 bits per heavy atom. The molecule has 0 aromatic carbocycles. The van der Waals surface area contributed by atoms with E-state index in [0.717, 1.165) is 28.3 Å². The molecule has 0 bridgehead atoms. The smallest absolute Gasteiger partial charge is 0.233 e. The Morgan fingerprint density at radius 2 is 2.21 bits per heavy atom. The van der Waals surface area contributed by atoms with E-state index in [1.807, 2.05) is 17.0 Å². The molecule has 130 valence electrons. The molecule has 0 radical (unpaired) electrons. The monoisotopic (exact) mass is 366 g/mol. The Bertz CT molecular complexity index is 649. The van der Waals surface area contributed by atoms with Gasteiger partial charge in [-0.05, 0) is 30.4 Å². The average Bonchev–Trinajstić information content (AvgIpc) is 3.21. The van der Waals surface area contributed by atoms with Gasteiger partial charge in [-0.3, -0.25) is 4.79 Å². The minimum absolute atomic E-state index is 0.193. The number of amides is 1. The fraction of sp³-hybridized carbons (Fsp3) is 0.562. The zero-order valence-electron chi connectivity index (χ0n) is 13.9. The van der Waals surface area contributed by atoms with Gasteiger partial charge in [0.1, 0.15) is 5.76 Å². The Hall–Kier alpha value is -1.54. The van der Waals surface area contributed by atoms with Gasteiger partial charge in [0.25, 0.3) is 0 Å². The molecule has 2 atom stereocenters. The summed E-state index contributed by atoms with van der Waals surface area (Å²) in [5, 5.41) is 12.1. The van der Waals surface area contributed by atoms with Crippen LogP contribution in [0.2, 0.25) is 0 Å². The first-order chi connectivity index (χ1) is 11.6. The normalized spacial score (nSPS) is 21.0. The molecule has 3 rings (SSSR count). The fourth-order valence-electron chi connectivity index (χ4n) is 3.00. The summed E-state index contributed by atoms with van der Waals surface area (Å²) in [7, 11) is 0. The van der Waals surface area contributed by atoms with E-state index in [1.165, 1.54) is 29.5 Å². The Kier molecular flexibility index (Phi) is 5.78. The van der Waals surface area contributed by atoms with Crippen molar-refractivity contribution in [3.8, 4) is 0 Å². The molecular formula is C16H22N4O2S2. The van der Waals surface area contributed by atoms with Gasteiger partial charge in [-0.2, -0.15) is 0 Å². The molecule has 2 aromatic rings. The number of nitrogens with zero attached hydrogens (tertiary/aromatic N) is 3. The van der Waals surface area contributed by atoms with Crippen molar-refractivity contribution in [1.29, 1.82) is 0 Å². The van der Waals surface area contributed by atoms with Crippen LogP contribution in [0, 0.1) is 11.8 Å². The zero-order valence-corrected chi connectivity index (χ0v) is 15.5. The summed E-state index contributed by atoms with van der Waals surface area (Å²) in [6, 6.07) is 3.76. The number of piperidine rings is 1. The zero-order chi connectivity index (χ0) is 16.9. The van der Waals surface area contributed by atoms with E-state index in [4.69, 9.17) is 4.42 Å². The molecule has 1 fully saturated rings. The maximum Gasteiger partial charge on any atom is 0.233 e. The molecule has 1 aliphatic rings. The summed E-state index contributed by atoms with van der Waals surface area (Å²) in [4.78, 5) is 14.4. The van der Waals surface area contributed by atoms with E-state index in [2.05, 4.69) is 29.4 Å². The summed E-state index contributed by atoms with van der Waals surface area (Å²) in [6.07, 6.45) is 2.85. The van der Waals surface area contributed by atoms with Crippen molar-refractivity contribution >= 4 is 34.1 Å². The van der Waals surface area contributed by atoms with Gasteiger partial charge in [-0.15, -0.1) is 10.2 Å². The second-order valence-electron chi connectivity index (χ2n) is 6.34. The molecule has 6 nitrogen and oxygen atoms in total. The Labute approximate surface area is 150 Å². The molecule has 1 aliphatic heterocycles. The topological polar surface area (TPSA) is 71.3 Å². The highest BCUT2D eigenvalue weighted by Crippen LogP contribution is 2.27. The predicted octanol–water partition coefficient (Wildman–Crippen LogP) is 3.34. The molecule has 0 saturated carbocycles. The van der Waals surface area contributed by atoms with Crippen molar-refractivity contribution in [2.45, 2.75) is 31.2 Å². The van der Waals surface area contributed by atoms with Gasteiger partial charge in [-0.1, -0.05) is 36.9 Å². The van der Waals surface area contributed by atoms with Crippen LogP contribution in [0.5, 0.6) is 0 Å². The molecule has 0 spiro atoms. The molecule has 1 N–H and O–H groups in total. The van der Waals surface area contributed by atoms with E-state index >= 15 is 0 Å². The van der Waals surface area contributed by atoms with E-state index in [1.54, 1.807) is 6.26 Å². The first kappa shape index (κ1) is 17.3. The lowest BCUT2D eigenvalue weighted by molar-refractivity contribution is -0.130. The quantitative estimate of drug-likeness (QED) is 0.791. The van der Waals surface area contributed by atoms with Crippen LogP contribution in [0.25, 0.3) is 0 Å². The maximum atomic E-state index is 12.4. The van der Waals surface area contributed by atoms with Gasteiger partial charge in [-0.25, -0.2) is 0 Å². The molecule has 8 heteroatoms. The summed E-state index contributed by atoms with van der Waals surface area (Å²) >= 11 is 2.92. The third-order valence-corrected chi connectivity index (χ3v) is 5.94. The minimum Gasteiger partial charge on any atom is -0.467 e. The number of thioether (sulfide) groups is 1. The van der Waals surface area contributed by atoms with Gasteiger partial charge in [0.15, 0.2) is 4.34 Å².